The molecule has 8 atom stereocenters. The van der Waals surface area contributed by atoms with Gasteiger partial charge in [0.2, 0.25) is 0 Å². The van der Waals surface area contributed by atoms with Crippen LogP contribution in [0.1, 0.15) is 113 Å². The monoisotopic (exact) mass is 427 g/mol. The summed E-state index contributed by atoms with van der Waals surface area (Å²) in [6, 6.07) is -0.0770. The highest BCUT2D eigenvalue weighted by Gasteiger charge is 2.63. The zero-order chi connectivity index (χ0) is 22.6. The second-order valence-corrected chi connectivity index (χ2v) is 13.8. The highest BCUT2D eigenvalue weighted by molar-refractivity contribution is 5.29. The quantitative estimate of drug-likeness (QED) is 0.307. The number of hydrogen-bond acceptors (Lipinski definition) is 2. The molecule has 0 aliphatic heterocycles. The van der Waals surface area contributed by atoms with Crippen molar-refractivity contribution in [2.75, 3.05) is 0 Å². The molecule has 2 heteroatoms. The van der Waals surface area contributed by atoms with Gasteiger partial charge < -0.3 is 0 Å². The highest BCUT2D eigenvalue weighted by Crippen LogP contribution is 2.71. The molecular weight excluding hydrogens is 378 g/mol. The SMILES string of the molecule is CC(C)CCC[C@@H](C)[C@H]1CC[C@H]2[C@H]3[C@H](CC[C@]12C)[C@@]1(C)CCC(N=O)C=C1CC3(C)C. The number of nitroso groups, excluding NO2 is 1. The van der Waals surface area contributed by atoms with E-state index in [2.05, 4.69) is 59.7 Å². The Morgan fingerprint density at radius 2 is 1.71 bits per heavy atom. The van der Waals surface area contributed by atoms with Crippen molar-refractivity contribution < 1.29 is 0 Å². The van der Waals surface area contributed by atoms with E-state index >= 15 is 0 Å². The first-order valence-electron chi connectivity index (χ1n) is 13.6. The van der Waals surface area contributed by atoms with E-state index in [9.17, 15) is 4.91 Å². The van der Waals surface area contributed by atoms with Gasteiger partial charge in [-0.3, -0.25) is 0 Å². The fourth-order valence-electron chi connectivity index (χ4n) is 9.46. The second kappa shape index (κ2) is 8.28. The van der Waals surface area contributed by atoms with Crippen LogP contribution in [0.25, 0.3) is 0 Å². The lowest BCUT2D eigenvalue weighted by Crippen LogP contribution is -2.56. The molecule has 0 amide bonds. The smallest absolute Gasteiger partial charge is 0.110 e. The Bertz CT molecular complexity index is 708. The first-order valence-corrected chi connectivity index (χ1v) is 13.6. The van der Waals surface area contributed by atoms with Crippen molar-refractivity contribution in [3.63, 3.8) is 0 Å². The molecule has 0 N–H and O–H groups in total. The Kier molecular flexibility index (Phi) is 6.28. The summed E-state index contributed by atoms with van der Waals surface area (Å²) in [4.78, 5) is 11.3. The minimum Gasteiger partial charge on any atom is -0.150 e. The van der Waals surface area contributed by atoms with E-state index in [1.807, 2.05) is 0 Å². The van der Waals surface area contributed by atoms with Gasteiger partial charge in [-0.15, -0.1) is 0 Å². The van der Waals surface area contributed by atoms with Crippen LogP contribution in [0.5, 0.6) is 0 Å². The van der Waals surface area contributed by atoms with Crippen molar-refractivity contribution in [1.82, 2.24) is 0 Å². The Labute approximate surface area is 192 Å². The zero-order valence-electron chi connectivity index (χ0n) is 21.5. The van der Waals surface area contributed by atoms with Crippen molar-refractivity contribution in [3.8, 4) is 0 Å². The van der Waals surface area contributed by atoms with Crippen LogP contribution in [0.3, 0.4) is 0 Å². The second-order valence-electron chi connectivity index (χ2n) is 13.8. The fourth-order valence-corrected chi connectivity index (χ4v) is 9.46. The van der Waals surface area contributed by atoms with Crippen molar-refractivity contribution in [3.05, 3.63) is 16.6 Å². The Morgan fingerprint density at radius 1 is 0.968 bits per heavy atom. The van der Waals surface area contributed by atoms with Crippen LogP contribution >= 0.6 is 0 Å². The van der Waals surface area contributed by atoms with Gasteiger partial charge in [0.25, 0.3) is 0 Å². The van der Waals surface area contributed by atoms with Crippen LogP contribution in [0.15, 0.2) is 16.8 Å². The summed E-state index contributed by atoms with van der Waals surface area (Å²) in [6.45, 7) is 17.7. The molecule has 4 rings (SSSR count). The summed E-state index contributed by atoms with van der Waals surface area (Å²) in [7, 11) is 0. The zero-order valence-corrected chi connectivity index (χ0v) is 21.5. The molecule has 0 aromatic rings. The standard InChI is InChI=1S/C29H49NO/c1-19(2)9-8-10-20(3)23-11-12-24-26-25(14-16-29(23,24)7)28(6)15-13-22(30-31)17-21(28)18-27(26,4)5/h17,19-20,22-26H,8-16,18H2,1-7H3/t20-,22?,23-,24+,25+,26+,28+,29-/m1/s1. The van der Waals surface area contributed by atoms with Crippen LogP contribution in [-0.4, -0.2) is 6.04 Å². The van der Waals surface area contributed by atoms with E-state index in [1.165, 1.54) is 57.8 Å². The van der Waals surface area contributed by atoms with Crippen molar-refractivity contribution in [2.24, 2.45) is 56.9 Å². The van der Waals surface area contributed by atoms with Gasteiger partial charge in [0.15, 0.2) is 0 Å². The van der Waals surface area contributed by atoms with Crippen LogP contribution in [-0.2, 0) is 0 Å². The highest BCUT2D eigenvalue weighted by atomic mass is 16.3. The van der Waals surface area contributed by atoms with E-state index in [-0.39, 0.29) is 6.04 Å². The molecule has 4 aliphatic carbocycles. The van der Waals surface area contributed by atoms with Crippen molar-refractivity contribution >= 4 is 0 Å². The molecule has 31 heavy (non-hydrogen) atoms. The molecule has 0 saturated heterocycles. The minimum absolute atomic E-state index is 0.0770. The summed E-state index contributed by atoms with van der Waals surface area (Å²) in [5, 5.41) is 3.42. The van der Waals surface area contributed by atoms with Crippen molar-refractivity contribution in [2.45, 2.75) is 119 Å². The van der Waals surface area contributed by atoms with Crippen LogP contribution in [0, 0.1) is 56.7 Å². The maximum atomic E-state index is 11.3. The third-order valence-electron chi connectivity index (χ3n) is 11.1. The number of fused-ring (bicyclic) bond motifs is 5. The van der Waals surface area contributed by atoms with Gasteiger partial charge in [-0.05, 0) is 96.7 Å². The lowest BCUT2D eigenvalue weighted by molar-refractivity contribution is -0.112. The first-order chi connectivity index (χ1) is 14.5. The van der Waals surface area contributed by atoms with E-state index in [4.69, 9.17) is 0 Å². The van der Waals surface area contributed by atoms with Gasteiger partial charge in [0, 0.05) is 0 Å². The number of allylic oxidation sites excluding steroid dienone is 1. The van der Waals surface area contributed by atoms with E-state index in [1.54, 1.807) is 5.57 Å². The molecule has 0 aromatic carbocycles. The Morgan fingerprint density at radius 3 is 2.39 bits per heavy atom. The van der Waals surface area contributed by atoms with E-state index < -0.39 is 0 Å². The molecule has 3 saturated carbocycles. The summed E-state index contributed by atoms with van der Waals surface area (Å²) >= 11 is 0. The van der Waals surface area contributed by atoms with Gasteiger partial charge in [-0.25, -0.2) is 0 Å². The largest absolute Gasteiger partial charge is 0.150 e. The Hall–Kier alpha value is -0.660. The van der Waals surface area contributed by atoms with Crippen LogP contribution < -0.4 is 0 Å². The third kappa shape index (κ3) is 3.86. The summed E-state index contributed by atoms with van der Waals surface area (Å²) in [6.07, 6.45) is 15.5. The van der Waals surface area contributed by atoms with Gasteiger partial charge in [-0.1, -0.05) is 84.6 Å². The molecule has 176 valence electrons. The maximum Gasteiger partial charge on any atom is 0.110 e. The van der Waals surface area contributed by atoms with E-state index in [0.717, 1.165) is 41.9 Å². The molecule has 0 aromatic heterocycles. The summed E-state index contributed by atoms with van der Waals surface area (Å²) in [5.74, 6) is 5.15. The summed E-state index contributed by atoms with van der Waals surface area (Å²) in [5.41, 5.74) is 2.76. The topological polar surface area (TPSA) is 29.4 Å². The average molecular weight is 428 g/mol. The number of hydrogen-bond donors (Lipinski definition) is 0. The molecule has 2 nitrogen and oxygen atoms in total. The predicted molar refractivity (Wildman–Crippen MR) is 132 cm³/mol. The van der Waals surface area contributed by atoms with Gasteiger partial charge in [0.1, 0.15) is 6.04 Å². The van der Waals surface area contributed by atoms with Gasteiger partial charge >= 0.3 is 0 Å². The normalized spacial score (nSPS) is 44.8. The lowest BCUT2D eigenvalue weighted by Gasteiger charge is -2.64. The van der Waals surface area contributed by atoms with E-state index in [0.29, 0.717) is 16.2 Å². The molecule has 0 heterocycles. The molecule has 0 spiro atoms. The molecular formula is C29H49NO. The van der Waals surface area contributed by atoms with Crippen LogP contribution in [0.4, 0.5) is 0 Å². The minimum atomic E-state index is -0.0770. The predicted octanol–water partition coefficient (Wildman–Crippen LogP) is 8.80. The van der Waals surface area contributed by atoms with Gasteiger partial charge in [0.05, 0.1) is 0 Å². The Balaban J connectivity index is 1.58. The van der Waals surface area contributed by atoms with Crippen molar-refractivity contribution in [1.29, 1.82) is 0 Å². The molecule has 0 bridgehead atoms. The van der Waals surface area contributed by atoms with Crippen LogP contribution in [0.2, 0.25) is 0 Å². The lowest BCUT2D eigenvalue weighted by atomic mass is 9.41. The van der Waals surface area contributed by atoms with Gasteiger partial charge in [-0.2, -0.15) is 4.91 Å². The molecule has 3 fully saturated rings. The maximum absolute atomic E-state index is 11.3. The first kappa shape index (κ1) is 23.5. The molecule has 0 radical (unpaired) electrons. The number of rotatable bonds is 6. The molecule has 1 unspecified atom stereocenters. The summed E-state index contributed by atoms with van der Waals surface area (Å²) < 4.78 is 0. The average Bonchev–Trinajstić information content (AvgIpc) is 3.04. The number of nitrogens with zero attached hydrogens (tertiary/aromatic N) is 1. The fraction of sp³-hybridized carbons (Fsp3) is 0.931. The molecule has 4 aliphatic rings. The third-order valence-corrected chi connectivity index (χ3v) is 11.1.